The molecular formula is C38H22N2O. The van der Waals surface area contributed by atoms with E-state index < -0.39 is 0 Å². The molecule has 0 fully saturated rings. The first-order valence-electron chi connectivity index (χ1n) is 13.8. The van der Waals surface area contributed by atoms with E-state index in [-0.39, 0.29) is 0 Å². The predicted octanol–water partition coefficient (Wildman–Crippen LogP) is 10.2. The molecule has 1 aliphatic carbocycles. The summed E-state index contributed by atoms with van der Waals surface area (Å²) in [7, 11) is 0. The summed E-state index contributed by atoms with van der Waals surface area (Å²) in [6.07, 6.45) is 1.81. The van der Waals surface area contributed by atoms with Crippen LogP contribution in [0.4, 0.5) is 0 Å². The number of aromatic nitrogens is 2. The van der Waals surface area contributed by atoms with Crippen LogP contribution in [-0.2, 0) is 0 Å². The van der Waals surface area contributed by atoms with E-state index in [2.05, 4.69) is 114 Å². The largest absolute Gasteiger partial charge is 0.455 e. The molecule has 0 aliphatic heterocycles. The summed E-state index contributed by atoms with van der Waals surface area (Å²) in [6, 6.07) is 45.0. The lowest BCUT2D eigenvalue weighted by Crippen LogP contribution is -2.00. The molecule has 41 heavy (non-hydrogen) atoms. The van der Waals surface area contributed by atoms with E-state index in [0.717, 1.165) is 66.5 Å². The van der Waals surface area contributed by atoms with Gasteiger partial charge in [0.05, 0.1) is 5.69 Å². The molecule has 3 heteroatoms. The molecule has 3 heterocycles. The third-order valence-electron chi connectivity index (χ3n) is 8.30. The van der Waals surface area contributed by atoms with Crippen LogP contribution in [0.15, 0.2) is 138 Å². The molecule has 0 radical (unpaired) electrons. The third kappa shape index (κ3) is 3.26. The van der Waals surface area contributed by atoms with Crippen molar-refractivity contribution < 1.29 is 4.42 Å². The van der Waals surface area contributed by atoms with Gasteiger partial charge >= 0.3 is 0 Å². The van der Waals surface area contributed by atoms with Crippen molar-refractivity contribution in [2.45, 2.75) is 0 Å². The number of hydrogen-bond donors (Lipinski definition) is 0. The highest BCUT2D eigenvalue weighted by Gasteiger charge is 2.24. The Morgan fingerprint density at radius 3 is 2.02 bits per heavy atom. The van der Waals surface area contributed by atoms with Crippen LogP contribution < -0.4 is 0 Å². The maximum atomic E-state index is 6.42. The molecule has 3 aromatic heterocycles. The van der Waals surface area contributed by atoms with Gasteiger partial charge < -0.3 is 4.42 Å². The highest BCUT2D eigenvalue weighted by atomic mass is 16.3. The number of furan rings is 1. The monoisotopic (exact) mass is 522 g/mol. The van der Waals surface area contributed by atoms with Crippen LogP contribution in [0.25, 0.3) is 88.7 Å². The fourth-order valence-corrected chi connectivity index (χ4v) is 6.44. The van der Waals surface area contributed by atoms with E-state index in [4.69, 9.17) is 9.40 Å². The molecule has 0 saturated carbocycles. The van der Waals surface area contributed by atoms with Crippen molar-refractivity contribution in [3.63, 3.8) is 0 Å². The standard InChI is InChI=1S/C38H22N2O/c1-2-11-27-26(10-1)29-19-18-23(25-15-7-16-32-30-13-5-6-17-35(30)41-37(25)32)21-33(29)28-12-3-4-14-31(28)36-34(27)22-24-9-8-20-39-38(24)40-36/h1-22H. The number of fused-ring (bicyclic) bond motifs is 12. The number of hydrogen-bond acceptors (Lipinski definition) is 3. The summed E-state index contributed by atoms with van der Waals surface area (Å²) in [6.45, 7) is 0. The van der Waals surface area contributed by atoms with E-state index in [1.165, 1.54) is 22.3 Å². The van der Waals surface area contributed by atoms with Gasteiger partial charge in [-0.3, -0.25) is 0 Å². The van der Waals surface area contributed by atoms with Crippen LogP contribution in [0.5, 0.6) is 0 Å². The highest BCUT2D eigenvalue weighted by molar-refractivity contribution is 6.10. The first-order chi connectivity index (χ1) is 20.3. The zero-order chi connectivity index (χ0) is 26.9. The van der Waals surface area contributed by atoms with E-state index in [9.17, 15) is 0 Å². The second kappa shape index (κ2) is 8.48. The zero-order valence-corrected chi connectivity index (χ0v) is 22.0. The van der Waals surface area contributed by atoms with Crippen molar-refractivity contribution in [2.24, 2.45) is 0 Å². The Morgan fingerprint density at radius 1 is 0.463 bits per heavy atom. The molecule has 9 rings (SSSR count). The van der Waals surface area contributed by atoms with Crippen LogP contribution >= 0.6 is 0 Å². The lowest BCUT2D eigenvalue weighted by Gasteiger charge is -2.23. The van der Waals surface area contributed by atoms with Crippen LogP contribution in [0.3, 0.4) is 0 Å². The van der Waals surface area contributed by atoms with E-state index in [0.29, 0.717) is 0 Å². The second-order valence-electron chi connectivity index (χ2n) is 10.6. The van der Waals surface area contributed by atoms with Gasteiger partial charge in [-0.15, -0.1) is 0 Å². The van der Waals surface area contributed by atoms with Gasteiger partial charge in [-0.25, -0.2) is 9.97 Å². The summed E-state index contributed by atoms with van der Waals surface area (Å²) in [5.41, 5.74) is 13.8. The number of pyridine rings is 2. The topological polar surface area (TPSA) is 38.9 Å². The maximum absolute atomic E-state index is 6.42. The van der Waals surface area contributed by atoms with Crippen molar-refractivity contribution in [2.75, 3.05) is 0 Å². The predicted molar refractivity (Wildman–Crippen MR) is 168 cm³/mol. The molecular weight excluding hydrogens is 500 g/mol. The molecule has 0 bridgehead atoms. The third-order valence-corrected chi connectivity index (χ3v) is 8.30. The number of nitrogens with zero attached hydrogens (tertiary/aromatic N) is 2. The number of rotatable bonds is 1. The molecule has 0 N–H and O–H groups in total. The fourth-order valence-electron chi connectivity index (χ4n) is 6.44. The van der Waals surface area contributed by atoms with Gasteiger partial charge in [-0.2, -0.15) is 0 Å². The van der Waals surface area contributed by atoms with Gasteiger partial charge in [0.25, 0.3) is 0 Å². The van der Waals surface area contributed by atoms with Crippen LogP contribution in [0.2, 0.25) is 0 Å². The van der Waals surface area contributed by atoms with Gasteiger partial charge in [-0.1, -0.05) is 97.1 Å². The molecule has 5 aromatic carbocycles. The Morgan fingerprint density at radius 2 is 1.15 bits per heavy atom. The van der Waals surface area contributed by atoms with Crippen LogP contribution in [0.1, 0.15) is 0 Å². The quantitative estimate of drug-likeness (QED) is 0.215. The van der Waals surface area contributed by atoms with Gasteiger partial charge in [0.1, 0.15) is 11.2 Å². The number of benzene rings is 5. The summed E-state index contributed by atoms with van der Waals surface area (Å²) in [4.78, 5) is 9.75. The average Bonchev–Trinajstić information content (AvgIpc) is 3.42. The van der Waals surface area contributed by atoms with Crippen LogP contribution in [-0.4, -0.2) is 9.97 Å². The Bertz CT molecular complexity index is 2330. The van der Waals surface area contributed by atoms with Crippen molar-refractivity contribution in [3.05, 3.63) is 134 Å². The highest BCUT2D eigenvalue weighted by Crippen LogP contribution is 2.48. The molecule has 8 aromatic rings. The molecule has 0 atom stereocenters. The van der Waals surface area contributed by atoms with Gasteiger partial charge in [0.2, 0.25) is 0 Å². The van der Waals surface area contributed by atoms with Gasteiger partial charge in [-0.05, 0) is 63.7 Å². The van der Waals surface area contributed by atoms with E-state index >= 15 is 0 Å². The van der Waals surface area contributed by atoms with Crippen molar-refractivity contribution in [1.82, 2.24) is 9.97 Å². The summed E-state index contributed by atoms with van der Waals surface area (Å²) >= 11 is 0. The maximum Gasteiger partial charge on any atom is 0.159 e. The minimum absolute atomic E-state index is 0.754. The SMILES string of the molecule is c1ccc2c(c1)-c1ccc(-c3cccc4c3oc3ccccc34)cc1-c1ccccc1-c1nc3ncccc3cc1-2. The molecule has 190 valence electrons. The van der Waals surface area contributed by atoms with Crippen LogP contribution in [0, 0.1) is 0 Å². The van der Waals surface area contributed by atoms with E-state index in [1.807, 2.05) is 24.4 Å². The fraction of sp³-hybridized carbons (Fsp3) is 0. The minimum Gasteiger partial charge on any atom is -0.455 e. The van der Waals surface area contributed by atoms with E-state index in [1.54, 1.807) is 0 Å². The normalized spacial score (nSPS) is 11.9. The Labute approximate surface area is 236 Å². The van der Waals surface area contributed by atoms with Crippen molar-refractivity contribution in [3.8, 4) is 55.8 Å². The Kier molecular flexibility index (Phi) is 4.61. The zero-order valence-electron chi connectivity index (χ0n) is 22.0. The Hall–Kier alpha value is -5.54. The smallest absolute Gasteiger partial charge is 0.159 e. The first-order valence-corrected chi connectivity index (χ1v) is 13.8. The first kappa shape index (κ1) is 22.3. The van der Waals surface area contributed by atoms with Gasteiger partial charge in [0, 0.05) is 39.0 Å². The summed E-state index contributed by atoms with van der Waals surface area (Å²) < 4.78 is 6.42. The molecule has 1 aliphatic rings. The number of para-hydroxylation sites is 2. The lowest BCUT2D eigenvalue weighted by molar-refractivity contribution is 0.670. The average molecular weight is 523 g/mol. The summed E-state index contributed by atoms with van der Waals surface area (Å²) in [5.74, 6) is 0. The molecule has 0 spiro atoms. The van der Waals surface area contributed by atoms with Gasteiger partial charge in [0.15, 0.2) is 5.65 Å². The lowest BCUT2D eigenvalue weighted by atomic mass is 9.81. The second-order valence-corrected chi connectivity index (χ2v) is 10.6. The molecule has 0 amide bonds. The molecule has 3 nitrogen and oxygen atoms in total. The Balaban J connectivity index is 1.36. The van der Waals surface area contributed by atoms with Crippen molar-refractivity contribution >= 4 is 33.0 Å². The minimum atomic E-state index is 0.754. The van der Waals surface area contributed by atoms with Crippen molar-refractivity contribution in [1.29, 1.82) is 0 Å². The summed E-state index contributed by atoms with van der Waals surface area (Å²) in [5, 5.41) is 3.31. The molecule has 0 saturated heterocycles. The molecule has 0 unspecified atom stereocenters.